The molecular weight excluding hydrogens is 579 g/mol. The number of anilines is 1. The highest BCUT2D eigenvalue weighted by atomic mass is 35.5. The summed E-state index contributed by atoms with van der Waals surface area (Å²) in [7, 11) is 0. The maximum absolute atomic E-state index is 14.7. The van der Waals surface area contributed by atoms with Gasteiger partial charge in [0.2, 0.25) is 0 Å². The van der Waals surface area contributed by atoms with Crippen molar-refractivity contribution >= 4 is 40.7 Å². The average Bonchev–Trinajstić information content (AvgIpc) is 3.50. The van der Waals surface area contributed by atoms with E-state index >= 15 is 0 Å². The maximum atomic E-state index is 14.7. The molecule has 42 heavy (non-hydrogen) atoms. The van der Waals surface area contributed by atoms with Crippen molar-refractivity contribution in [3.05, 3.63) is 63.8 Å². The number of piperazine rings is 1. The van der Waals surface area contributed by atoms with Crippen LogP contribution in [0.2, 0.25) is 5.02 Å². The number of ether oxygens (including phenoxy) is 3. The lowest BCUT2D eigenvalue weighted by atomic mass is 10.1. The highest BCUT2D eigenvalue weighted by molar-refractivity contribution is 8.04. The van der Waals surface area contributed by atoms with Crippen molar-refractivity contribution in [1.29, 1.82) is 0 Å². The molecule has 2 saturated heterocycles. The van der Waals surface area contributed by atoms with Gasteiger partial charge in [-0.15, -0.1) is 0 Å². The minimum Gasteiger partial charge on any atom is -0.485 e. The molecule has 8 nitrogen and oxygen atoms in total. The number of carbonyl (C=O) groups is 1. The molecule has 0 aromatic heterocycles. The minimum atomic E-state index is -0.560. The van der Waals surface area contributed by atoms with E-state index < -0.39 is 11.9 Å². The molecule has 0 spiro atoms. The van der Waals surface area contributed by atoms with Gasteiger partial charge >= 0.3 is 0 Å². The van der Waals surface area contributed by atoms with Crippen LogP contribution in [-0.2, 0) is 9.53 Å². The number of ketones is 1. The number of hydrogen-bond acceptors (Lipinski definition) is 9. The Morgan fingerprint density at radius 2 is 2.10 bits per heavy atom. The first-order valence-corrected chi connectivity index (χ1v) is 15.8. The van der Waals surface area contributed by atoms with Gasteiger partial charge in [-0.05, 0) is 50.6 Å². The number of carbonyl (C=O) groups excluding carboxylic acids is 1. The molecule has 5 aliphatic rings. The summed E-state index contributed by atoms with van der Waals surface area (Å²) < 4.78 is 32.9. The summed E-state index contributed by atoms with van der Waals surface area (Å²) in [6.45, 7) is 8.92. The van der Waals surface area contributed by atoms with E-state index in [1.165, 1.54) is 6.07 Å². The van der Waals surface area contributed by atoms with E-state index in [2.05, 4.69) is 27.7 Å². The number of nitrogens with zero attached hydrogens (tertiary/aromatic N) is 4. The van der Waals surface area contributed by atoms with Crippen molar-refractivity contribution in [2.24, 2.45) is 4.99 Å². The van der Waals surface area contributed by atoms with Gasteiger partial charge in [0.05, 0.1) is 29.3 Å². The van der Waals surface area contributed by atoms with Crippen LogP contribution in [0.3, 0.4) is 0 Å². The van der Waals surface area contributed by atoms with Crippen molar-refractivity contribution < 1.29 is 23.4 Å². The zero-order valence-corrected chi connectivity index (χ0v) is 25.2. The van der Waals surface area contributed by atoms with Crippen LogP contribution in [-0.4, -0.2) is 90.9 Å². The molecule has 0 N–H and O–H groups in total. The third-order valence-electron chi connectivity index (χ3n) is 8.74. The molecule has 0 aliphatic carbocycles. The summed E-state index contributed by atoms with van der Waals surface area (Å²) in [5, 5.41) is 0.380. The largest absolute Gasteiger partial charge is 0.485 e. The first-order chi connectivity index (χ1) is 20.3. The van der Waals surface area contributed by atoms with E-state index in [0.29, 0.717) is 22.1 Å². The lowest BCUT2D eigenvalue weighted by molar-refractivity contribution is -0.112. The Hall–Kier alpha value is -2.79. The number of para-hydroxylation sites is 1. The van der Waals surface area contributed by atoms with Crippen LogP contribution >= 0.6 is 23.4 Å². The standard InChI is InChI=1S/C31H34ClFN4O4S/c1-18-14-36(24-4-3-5-26-30(24)41-27(17-40-26)22-7-6-20(32)12-23(22)33)10-9-35(18)16-29-34-31-25(13-28(42-31)19(2)38)37(29)15-21-8-11-39-21/h3-7,12-13,18,21,25,27,31H,8-11,14-17H2,1-2H3/t18-,21-,25?,27+,31?/m0/s1. The van der Waals surface area contributed by atoms with Gasteiger partial charge in [0.1, 0.15) is 23.6 Å². The topological polar surface area (TPSA) is 66.8 Å². The number of rotatable bonds is 7. The number of aliphatic imine (C=N–C) groups is 1. The molecule has 5 heterocycles. The number of fused-ring (bicyclic) bond motifs is 2. The molecule has 7 rings (SSSR count). The fourth-order valence-corrected chi connectivity index (χ4v) is 7.64. The van der Waals surface area contributed by atoms with Gasteiger partial charge in [0.25, 0.3) is 0 Å². The molecule has 2 aromatic rings. The lowest BCUT2D eigenvalue weighted by Gasteiger charge is -2.43. The second-order valence-electron chi connectivity index (χ2n) is 11.5. The second kappa shape index (κ2) is 11.4. The van der Waals surface area contributed by atoms with Crippen molar-refractivity contribution in [3.63, 3.8) is 0 Å². The van der Waals surface area contributed by atoms with Crippen LogP contribution < -0.4 is 14.4 Å². The lowest BCUT2D eigenvalue weighted by Crippen LogP contribution is -2.55. The second-order valence-corrected chi connectivity index (χ2v) is 13.1. The van der Waals surface area contributed by atoms with Crippen LogP contribution in [0, 0.1) is 5.82 Å². The average molecular weight is 613 g/mol. The summed E-state index contributed by atoms with van der Waals surface area (Å²) in [6.07, 6.45) is 2.82. The summed E-state index contributed by atoms with van der Waals surface area (Å²) in [4.78, 5) is 25.1. The van der Waals surface area contributed by atoms with Crippen LogP contribution in [0.5, 0.6) is 11.5 Å². The van der Waals surface area contributed by atoms with Crippen molar-refractivity contribution in [3.8, 4) is 11.5 Å². The van der Waals surface area contributed by atoms with Crippen LogP contribution in [0.1, 0.15) is 31.9 Å². The van der Waals surface area contributed by atoms with E-state index in [0.717, 1.165) is 62.2 Å². The number of amidine groups is 1. The SMILES string of the molecule is CC(=O)C1=CC2C(N=C(CN3CCN(c4cccc5c4O[C@@H](c4ccc(Cl)cc4F)CO5)C[C@@H]3C)N2C[C@@H]2CCO2)S1. The Labute approximate surface area is 254 Å². The Kier molecular flexibility index (Phi) is 7.58. The molecule has 222 valence electrons. The number of hydrogen-bond donors (Lipinski definition) is 0. The molecular formula is C31H34ClFN4O4S. The third-order valence-corrected chi connectivity index (χ3v) is 10.3. The van der Waals surface area contributed by atoms with Crippen LogP contribution in [0.25, 0.3) is 0 Å². The first kappa shape index (κ1) is 28.0. The van der Waals surface area contributed by atoms with Gasteiger partial charge in [-0.3, -0.25) is 14.7 Å². The van der Waals surface area contributed by atoms with Gasteiger partial charge in [0.15, 0.2) is 23.4 Å². The third kappa shape index (κ3) is 5.27. The van der Waals surface area contributed by atoms with E-state index in [1.807, 2.05) is 18.2 Å². The number of benzene rings is 2. The quantitative estimate of drug-likeness (QED) is 0.437. The Bertz CT molecular complexity index is 1450. The predicted octanol–water partition coefficient (Wildman–Crippen LogP) is 4.92. The van der Waals surface area contributed by atoms with Crippen molar-refractivity contribution in [2.45, 2.75) is 49.9 Å². The summed E-state index contributed by atoms with van der Waals surface area (Å²) in [5.41, 5.74) is 1.38. The molecule has 5 aliphatic heterocycles. The van der Waals surface area contributed by atoms with Crippen molar-refractivity contribution in [1.82, 2.24) is 9.80 Å². The van der Waals surface area contributed by atoms with Gasteiger partial charge in [-0.1, -0.05) is 35.5 Å². The Balaban J connectivity index is 1.05. The van der Waals surface area contributed by atoms with E-state index in [9.17, 15) is 9.18 Å². The first-order valence-electron chi connectivity index (χ1n) is 14.5. The fourth-order valence-electron chi connectivity index (χ4n) is 6.30. The van der Waals surface area contributed by atoms with E-state index in [1.54, 1.807) is 30.8 Å². The monoisotopic (exact) mass is 612 g/mol. The van der Waals surface area contributed by atoms with Crippen LogP contribution in [0.15, 0.2) is 52.4 Å². The molecule has 0 amide bonds. The molecule has 0 bridgehead atoms. The molecule has 2 aromatic carbocycles. The maximum Gasteiger partial charge on any atom is 0.185 e. The highest BCUT2D eigenvalue weighted by Gasteiger charge is 2.43. The summed E-state index contributed by atoms with van der Waals surface area (Å²) >= 11 is 7.55. The Morgan fingerprint density at radius 1 is 1.24 bits per heavy atom. The molecule has 2 unspecified atom stereocenters. The van der Waals surface area contributed by atoms with Gasteiger partial charge in [0, 0.05) is 49.4 Å². The van der Waals surface area contributed by atoms with Gasteiger partial charge in [-0.25, -0.2) is 4.39 Å². The molecule has 0 saturated carbocycles. The zero-order valence-electron chi connectivity index (χ0n) is 23.7. The fraction of sp³-hybridized carbons (Fsp3) is 0.484. The number of thioether (sulfide) groups is 1. The number of Topliss-reactive ketones (excluding diaryl/α,β-unsaturated/α-hetero) is 1. The number of halogens is 2. The normalized spacial score (nSPS) is 28.7. The van der Waals surface area contributed by atoms with E-state index in [4.69, 9.17) is 30.8 Å². The highest BCUT2D eigenvalue weighted by Crippen LogP contribution is 2.45. The predicted molar refractivity (Wildman–Crippen MR) is 162 cm³/mol. The van der Waals surface area contributed by atoms with Gasteiger partial charge in [-0.2, -0.15) is 0 Å². The van der Waals surface area contributed by atoms with Crippen molar-refractivity contribution in [2.75, 3.05) is 50.8 Å². The molecule has 5 atom stereocenters. The minimum absolute atomic E-state index is 0.0296. The summed E-state index contributed by atoms with van der Waals surface area (Å²) in [5.74, 6) is 2.10. The zero-order chi connectivity index (χ0) is 29.0. The van der Waals surface area contributed by atoms with Crippen LogP contribution in [0.4, 0.5) is 10.1 Å². The van der Waals surface area contributed by atoms with Gasteiger partial charge < -0.3 is 24.0 Å². The smallest absolute Gasteiger partial charge is 0.185 e. The van der Waals surface area contributed by atoms with E-state index in [-0.39, 0.29) is 36.0 Å². The molecule has 2 fully saturated rings. The number of allylic oxidation sites excluding steroid dienone is 1. The molecule has 0 radical (unpaired) electrons. The molecule has 11 heteroatoms. The summed E-state index contributed by atoms with van der Waals surface area (Å²) in [6, 6.07) is 10.9. The Morgan fingerprint density at radius 3 is 2.83 bits per heavy atom.